The summed E-state index contributed by atoms with van der Waals surface area (Å²) in [4.78, 5) is 44.1. The molecule has 0 spiro atoms. The summed E-state index contributed by atoms with van der Waals surface area (Å²) >= 11 is 1.35. The van der Waals surface area contributed by atoms with Crippen molar-refractivity contribution in [2.45, 2.75) is 38.5 Å². The number of alkyl halides is 3. The molecule has 1 N–H and O–H groups in total. The van der Waals surface area contributed by atoms with Crippen LogP contribution in [0.25, 0.3) is 10.2 Å². The summed E-state index contributed by atoms with van der Waals surface area (Å²) < 4.78 is 42.4. The molecule has 3 heterocycles. The molecule has 11 heteroatoms. The predicted molar refractivity (Wildman–Crippen MR) is 110 cm³/mol. The van der Waals surface area contributed by atoms with Crippen LogP contribution in [0.4, 0.5) is 24.5 Å². The topological polar surface area (TPSA) is 84.3 Å². The predicted octanol–water partition coefficient (Wildman–Crippen LogP) is 3.33. The monoisotopic (exact) mass is 450 g/mol. The second-order valence-corrected chi connectivity index (χ2v) is 8.17. The number of halogens is 3. The van der Waals surface area contributed by atoms with E-state index < -0.39 is 42.6 Å². The van der Waals surface area contributed by atoms with Crippen molar-refractivity contribution >= 4 is 44.7 Å². The summed E-state index contributed by atoms with van der Waals surface area (Å²) in [5, 5.41) is 2.72. The van der Waals surface area contributed by atoms with Crippen molar-refractivity contribution in [2.75, 3.05) is 10.2 Å². The number of aryl methyl sites for hydroxylation is 1. The Balaban J connectivity index is 1.76. The first-order valence-electron chi connectivity index (χ1n) is 9.44. The number of fused-ring (bicyclic) bond motifs is 2. The molecule has 1 unspecified atom stereocenters. The number of carbonyl (C=O) groups excluding carboxylic acids is 2. The Kier molecular flexibility index (Phi) is 5.29. The maximum absolute atomic E-state index is 13.8. The highest BCUT2D eigenvalue weighted by Crippen LogP contribution is 2.37. The van der Waals surface area contributed by atoms with E-state index in [2.05, 4.69) is 10.3 Å². The molecule has 0 bridgehead atoms. The summed E-state index contributed by atoms with van der Waals surface area (Å²) in [7, 11) is 0. The normalized spacial score (nSPS) is 16.7. The van der Waals surface area contributed by atoms with Crippen LogP contribution >= 0.6 is 11.3 Å². The molecule has 31 heavy (non-hydrogen) atoms. The maximum atomic E-state index is 13.8. The SMILES string of the molecule is CCc1cc2c(=O)n(CC(=O)N3c4ccccc4NC(=O)CC3C(F)(F)F)cnc2s1. The summed E-state index contributed by atoms with van der Waals surface area (Å²) in [5.41, 5.74) is -0.485. The molecule has 162 valence electrons. The number of aromatic nitrogens is 2. The highest BCUT2D eigenvalue weighted by molar-refractivity contribution is 7.18. The largest absolute Gasteiger partial charge is 0.409 e. The Bertz CT molecular complexity index is 1230. The lowest BCUT2D eigenvalue weighted by Gasteiger charge is -2.31. The van der Waals surface area contributed by atoms with E-state index in [0.29, 0.717) is 21.5 Å². The second kappa shape index (κ2) is 7.80. The number of nitrogens with one attached hydrogen (secondary N) is 1. The van der Waals surface area contributed by atoms with Crippen LogP contribution in [0, 0.1) is 0 Å². The highest BCUT2D eigenvalue weighted by Gasteiger charge is 2.49. The number of thiophene rings is 1. The third kappa shape index (κ3) is 3.92. The van der Waals surface area contributed by atoms with Crippen LogP contribution in [0.5, 0.6) is 0 Å². The van der Waals surface area contributed by atoms with Gasteiger partial charge >= 0.3 is 6.18 Å². The number of nitrogens with zero attached hydrogens (tertiary/aromatic N) is 3. The Morgan fingerprint density at radius 3 is 2.74 bits per heavy atom. The molecular weight excluding hydrogens is 433 g/mol. The number of hydrogen-bond donors (Lipinski definition) is 1. The Labute approximate surface area is 178 Å². The zero-order valence-corrected chi connectivity index (χ0v) is 17.1. The third-order valence-corrected chi connectivity index (χ3v) is 6.19. The van der Waals surface area contributed by atoms with Gasteiger partial charge in [0.05, 0.1) is 29.5 Å². The number of rotatable bonds is 3. The summed E-state index contributed by atoms with van der Waals surface area (Å²) in [6.45, 7) is 1.28. The van der Waals surface area contributed by atoms with Crippen LogP contribution in [-0.4, -0.2) is 33.6 Å². The van der Waals surface area contributed by atoms with Crippen molar-refractivity contribution < 1.29 is 22.8 Å². The molecule has 3 aromatic rings. The molecule has 7 nitrogen and oxygen atoms in total. The number of anilines is 2. The van der Waals surface area contributed by atoms with Gasteiger partial charge in [0.2, 0.25) is 11.8 Å². The molecule has 0 saturated carbocycles. The molecular formula is C20H17F3N4O3S. The highest BCUT2D eigenvalue weighted by atomic mass is 32.1. The van der Waals surface area contributed by atoms with E-state index in [1.807, 2.05) is 6.92 Å². The average Bonchev–Trinajstić information content (AvgIpc) is 3.07. The molecule has 1 atom stereocenters. The van der Waals surface area contributed by atoms with Crippen molar-refractivity contribution in [2.24, 2.45) is 0 Å². The van der Waals surface area contributed by atoms with Crippen LogP contribution < -0.4 is 15.8 Å². The minimum absolute atomic E-state index is 0.0773. The van der Waals surface area contributed by atoms with E-state index in [-0.39, 0.29) is 11.4 Å². The van der Waals surface area contributed by atoms with Crippen molar-refractivity contribution in [3.8, 4) is 0 Å². The van der Waals surface area contributed by atoms with Crippen LogP contribution in [0.3, 0.4) is 0 Å². The van der Waals surface area contributed by atoms with Gasteiger partial charge in [-0.25, -0.2) is 4.98 Å². The summed E-state index contributed by atoms with van der Waals surface area (Å²) in [6.07, 6.45) is -3.92. The number of hydrogen-bond acceptors (Lipinski definition) is 5. The fourth-order valence-corrected chi connectivity index (χ4v) is 4.44. The quantitative estimate of drug-likeness (QED) is 0.664. The number of amides is 2. The standard InChI is InChI=1S/C20H17F3N4O3S/c1-2-11-7-12-18(31-11)24-10-26(19(12)30)9-17(29)27-14-6-4-3-5-13(14)25-16(28)8-15(27)20(21,22)23/h3-7,10,15H,2,8-9H2,1H3,(H,25,28). The van der Waals surface area contributed by atoms with Crippen LogP contribution in [0.1, 0.15) is 18.2 Å². The van der Waals surface area contributed by atoms with Gasteiger partial charge in [-0.15, -0.1) is 11.3 Å². The zero-order valence-electron chi connectivity index (χ0n) is 16.3. The minimum Gasteiger partial charge on any atom is -0.324 e. The van der Waals surface area contributed by atoms with Gasteiger partial charge in [-0.3, -0.25) is 23.9 Å². The first kappa shape index (κ1) is 21.0. The van der Waals surface area contributed by atoms with Gasteiger partial charge in [0.25, 0.3) is 5.56 Å². The number of benzene rings is 1. The summed E-state index contributed by atoms with van der Waals surface area (Å²) in [6, 6.07) is 5.08. The molecule has 4 rings (SSSR count). The smallest absolute Gasteiger partial charge is 0.324 e. The lowest BCUT2D eigenvalue weighted by atomic mass is 10.1. The van der Waals surface area contributed by atoms with Gasteiger partial charge in [-0.1, -0.05) is 19.1 Å². The van der Waals surface area contributed by atoms with Crippen molar-refractivity contribution in [3.63, 3.8) is 0 Å². The number of para-hydroxylation sites is 2. The molecule has 1 aromatic carbocycles. The molecule has 1 aliphatic rings. The Morgan fingerprint density at radius 1 is 1.29 bits per heavy atom. The van der Waals surface area contributed by atoms with E-state index >= 15 is 0 Å². The summed E-state index contributed by atoms with van der Waals surface area (Å²) in [5.74, 6) is -1.82. The second-order valence-electron chi connectivity index (χ2n) is 7.05. The van der Waals surface area contributed by atoms with Gasteiger partial charge in [0, 0.05) is 4.88 Å². The van der Waals surface area contributed by atoms with Gasteiger partial charge in [-0.2, -0.15) is 13.2 Å². The van der Waals surface area contributed by atoms with Crippen LogP contribution in [0.15, 0.2) is 41.5 Å². The Hall–Kier alpha value is -3.21. The fraction of sp³-hybridized carbons (Fsp3) is 0.300. The molecule has 2 amide bonds. The van der Waals surface area contributed by atoms with Crippen LogP contribution in [0.2, 0.25) is 0 Å². The van der Waals surface area contributed by atoms with Gasteiger partial charge < -0.3 is 5.32 Å². The molecule has 0 radical (unpaired) electrons. The minimum atomic E-state index is -4.85. The molecule has 0 saturated heterocycles. The van der Waals surface area contributed by atoms with Gasteiger partial charge in [-0.05, 0) is 24.6 Å². The molecule has 1 aliphatic heterocycles. The fourth-order valence-electron chi connectivity index (χ4n) is 3.51. The zero-order chi connectivity index (χ0) is 22.3. The maximum Gasteiger partial charge on any atom is 0.409 e. The first-order valence-corrected chi connectivity index (χ1v) is 10.3. The Morgan fingerprint density at radius 2 is 2.03 bits per heavy atom. The van der Waals surface area contributed by atoms with E-state index in [9.17, 15) is 27.6 Å². The van der Waals surface area contributed by atoms with E-state index in [0.717, 1.165) is 15.8 Å². The van der Waals surface area contributed by atoms with E-state index in [1.165, 1.54) is 29.5 Å². The lowest BCUT2D eigenvalue weighted by Crippen LogP contribution is -2.51. The van der Waals surface area contributed by atoms with Gasteiger partial charge in [0.15, 0.2) is 0 Å². The lowest BCUT2D eigenvalue weighted by molar-refractivity contribution is -0.158. The van der Waals surface area contributed by atoms with Gasteiger partial charge in [0.1, 0.15) is 17.4 Å². The molecule has 2 aromatic heterocycles. The van der Waals surface area contributed by atoms with Crippen LogP contribution in [-0.2, 0) is 22.6 Å². The first-order chi connectivity index (χ1) is 14.7. The van der Waals surface area contributed by atoms with Crippen molar-refractivity contribution in [3.05, 3.63) is 51.9 Å². The van der Waals surface area contributed by atoms with E-state index in [1.54, 1.807) is 12.1 Å². The van der Waals surface area contributed by atoms with E-state index in [4.69, 9.17) is 0 Å². The third-order valence-electron chi connectivity index (χ3n) is 5.00. The van der Waals surface area contributed by atoms with Crippen molar-refractivity contribution in [1.29, 1.82) is 0 Å². The number of carbonyl (C=O) groups is 2. The van der Waals surface area contributed by atoms with Crippen molar-refractivity contribution in [1.82, 2.24) is 9.55 Å². The average molecular weight is 450 g/mol. The molecule has 0 fully saturated rings. The molecule has 0 aliphatic carbocycles.